The fourth-order valence-electron chi connectivity index (χ4n) is 1.87. The van der Waals surface area contributed by atoms with Gasteiger partial charge in [-0.3, -0.25) is 4.79 Å². The van der Waals surface area contributed by atoms with E-state index in [1.807, 2.05) is 30.3 Å². The SMILES string of the molecule is CC(C)CCCC(=O)CC(N)c1ccccc1. The first-order valence-electron chi connectivity index (χ1n) is 6.42. The molecule has 0 heterocycles. The van der Waals surface area contributed by atoms with Gasteiger partial charge in [0, 0.05) is 18.9 Å². The van der Waals surface area contributed by atoms with Crippen LogP contribution in [-0.4, -0.2) is 5.78 Å². The Morgan fingerprint density at radius 3 is 2.47 bits per heavy atom. The summed E-state index contributed by atoms with van der Waals surface area (Å²) in [5, 5.41) is 0. The van der Waals surface area contributed by atoms with E-state index < -0.39 is 0 Å². The number of benzene rings is 1. The zero-order chi connectivity index (χ0) is 12.7. The maximum Gasteiger partial charge on any atom is 0.134 e. The molecule has 0 radical (unpaired) electrons. The molecule has 1 aromatic rings. The molecule has 0 saturated heterocycles. The maximum absolute atomic E-state index is 11.7. The van der Waals surface area contributed by atoms with Crippen LogP contribution < -0.4 is 5.73 Å². The van der Waals surface area contributed by atoms with Gasteiger partial charge in [0.25, 0.3) is 0 Å². The number of carbonyl (C=O) groups is 1. The van der Waals surface area contributed by atoms with Crippen molar-refractivity contribution in [3.05, 3.63) is 35.9 Å². The topological polar surface area (TPSA) is 43.1 Å². The summed E-state index contributed by atoms with van der Waals surface area (Å²) in [5.41, 5.74) is 7.05. The van der Waals surface area contributed by atoms with Crippen molar-refractivity contribution >= 4 is 5.78 Å². The maximum atomic E-state index is 11.7. The van der Waals surface area contributed by atoms with Crippen molar-refractivity contribution in [3.63, 3.8) is 0 Å². The van der Waals surface area contributed by atoms with Gasteiger partial charge in [-0.2, -0.15) is 0 Å². The summed E-state index contributed by atoms with van der Waals surface area (Å²) in [4.78, 5) is 11.7. The summed E-state index contributed by atoms with van der Waals surface area (Å²) >= 11 is 0. The molecule has 0 aliphatic rings. The van der Waals surface area contributed by atoms with Crippen LogP contribution in [0.1, 0.15) is 51.1 Å². The van der Waals surface area contributed by atoms with E-state index in [1.54, 1.807) is 0 Å². The average molecular weight is 233 g/mol. The Balaban J connectivity index is 2.31. The Hall–Kier alpha value is -1.15. The molecule has 0 fully saturated rings. The second-order valence-corrected chi connectivity index (χ2v) is 5.05. The highest BCUT2D eigenvalue weighted by molar-refractivity contribution is 5.79. The van der Waals surface area contributed by atoms with Gasteiger partial charge in [-0.1, -0.05) is 50.6 Å². The second-order valence-electron chi connectivity index (χ2n) is 5.05. The summed E-state index contributed by atoms with van der Waals surface area (Å²) < 4.78 is 0. The Bertz CT molecular complexity index is 332. The molecule has 2 N–H and O–H groups in total. The Labute approximate surface area is 104 Å². The van der Waals surface area contributed by atoms with E-state index in [4.69, 9.17) is 5.73 Å². The minimum Gasteiger partial charge on any atom is -0.324 e. The van der Waals surface area contributed by atoms with Crippen LogP contribution in [0.5, 0.6) is 0 Å². The van der Waals surface area contributed by atoms with Gasteiger partial charge in [0.1, 0.15) is 5.78 Å². The zero-order valence-corrected chi connectivity index (χ0v) is 10.9. The zero-order valence-electron chi connectivity index (χ0n) is 10.9. The largest absolute Gasteiger partial charge is 0.324 e. The third kappa shape index (κ3) is 5.64. The predicted molar refractivity (Wildman–Crippen MR) is 71.7 cm³/mol. The fourth-order valence-corrected chi connectivity index (χ4v) is 1.87. The summed E-state index contributed by atoms with van der Waals surface area (Å²) in [6, 6.07) is 9.68. The number of ketones is 1. The Kier molecular flexibility index (Phi) is 5.92. The number of hydrogen-bond acceptors (Lipinski definition) is 2. The summed E-state index contributed by atoms with van der Waals surface area (Å²) in [6.45, 7) is 4.36. The van der Waals surface area contributed by atoms with Crippen molar-refractivity contribution in [3.8, 4) is 0 Å². The monoisotopic (exact) mass is 233 g/mol. The van der Waals surface area contributed by atoms with E-state index in [0.29, 0.717) is 18.8 Å². The van der Waals surface area contributed by atoms with E-state index in [1.165, 1.54) is 0 Å². The molecule has 0 saturated carbocycles. The Morgan fingerprint density at radius 1 is 1.24 bits per heavy atom. The third-order valence-corrected chi connectivity index (χ3v) is 2.91. The number of nitrogens with two attached hydrogens (primary N) is 1. The van der Waals surface area contributed by atoms with E-state index in [0.717, 1.165) is 18.4 Å². The molecule has 2 heteroatoms. The highest BCUT2D eigenvalue weighted by Crippen LogP contribution is 2.16. The molecule has 0 aromatic heterocycles. The molecule has 1 atom stereocenters. The van der Waals surface area contributed by atoms with Crippen molar-refractivity contribution in [2.24, 2.45) is 11.7 Å². The predicted octanol–water partition coefficient (Wildman–Crippen LogP) is 3.47. The summed E-state index contributed by atoms with van der Waals surface area (Å²) in [7, 11) is 0. The number of rotatable bonds is 7. The van der Waals surface area contributed by atoms with E-state index in [-0.39, 0.29) is 11.8 Å². The average Bonchev–Trinajstić information content (AvgIpc) is 2.29. The minimum absolute atomic E-state index is 0.150. The molecule has 0 aliphatic heterocycles. The molecule has 2 nitrogen and oxygen atoms in total. The number of Topliss-reactive ketones (excluding diaryl/α,β-unsaturated/α-hetero) is 1. The molecule has 0 amide bonds. The minimum atomic E-state index is -0.150. The van der Waals surface area contributed by atoms with Crippen LogP contribution in [-0.2, 0) is 4.79 Å². The molecule has 0 aliphatic carbocycles. The van der Waals surface area contributed by atoms with E-state index in [9.17, 15) is 4.79 Å². The second kappa shape index (κ2) is 7.23. The molecule has 17 heavy (non-hydrogen) atoms. The molecule has 0 spiro atoms. The van der Waals surface area contributed by atoms with Crippen molar-refractivity contribution in [1.29, 1.82) is 0 Å². The van der Waals surface area contributed by atoms with Gasteiger partial charge in [-0.15, -0.1) is 0 Å². The molecule has 94 valence electrons. The summed E-state index contributed by atoms with van der Waals surface area (Å²) in [6.07, 6.45) is 3.23. The first-order chi connectivity index (χ1) is 8.09. The van der Waals surface area contributed by atoms with Crippen molar-refractivity contribution < 1.29 is 4.79 Å². The lowest BCUT2D eigenvalue weighted by atomic mass is 9.98. The van der Waals surface area contributed by atoms with Crippen molar-refractivity contribution in [1.82, 2.24) is 0 Å². The van der Waals surface area contributed by atoms with Crippen LogP contribution >= 0.6 is 0 Å². The lowest BCUT2D eigenvalue weighted by Crippen LogP contribution is -2.15. The van der Waals surface area contributed by atoms with Gasteiger partial charge < -0.3 is 5.73 Å². The third-order valence-electron chi connectivity index (χ3n) is 2.91. The molecule has 1 unspecified atom stereocenters. The molecule has 1 rings (SSSR count). The van der Waals surface area contributed by atoms with Gasteiger partial charge in [0.15, 0.2) is 0 Å². The highest BCUT2D eigenvalue weighted by atomic mass is 16.1. The molecule has 1 aromatic carbocycles. The normalized spacial score (nSPS) is 12.7. The number of carbonyl (C=O) groups excluding carboxylic acids is 1. The van der Waals surface area contributed by atoms with E-state index in [2.05, 4.69) is 13.8 Å². The van der Waals surface area contributed by atoms with Gasteiger partial charge in [-0.05, 0) is 17.9 Å². The fraction of sp³-hybridized carbons (Fsp3) is 0.533. The van der Waals surface area contributed by atoms with Crippen molar-refractivity contribution in [2.45, 2.75) is 45.6 Å². The van der Waals surface area contributed by atoms with Crippen molar-refractivity contribution in [2.75, 3.05) is 0 Å². The Morgan fingerprint density at radius 2 is 1.88 bits per heavy atom. The van der Waals surface area contributed by atoms with Crippen LogP contribution in [0.2, 0.25) is 0 Å². The first-order valence-corrected chi connectivity index (χ1v) is 6.42. The number of hydrogen-bond donors (Lipinski definition) is 1. The van der Waals surface area contributed by atoms with E-state index >= 15 is 0 Å². The lowest BCUT2D eigenvalue weighted by molar-refractivity contribution is -0.119. The van der Waals surface area contributed by atoms with Crippen LogP contribution in [0, 0.1) is 5.92 Å². The highest BCUT2D eigenvalue weighted by Gasteiger charge is 2.11. The molecular formula is C15H23NO. The molecular weight excluding hydrogens is 210 g/mol. The molecule has 0 bridgehead atoms. The van der Waals surface area contributed by atoms with Crippen LogP contribution in [0.25, 0.3) is 0 Å². The van der Waals surface area contributed by atoms with Gasteiger partial charge in [-0.25, -0.2) is 0 Å². The first kappa shape index (κ1) is 13.9. The lowest BCUT2D eigenvalue weighted by Gasteiger charge is -2.11. The van der Waals surface area contributed by atoms with Crippen LogP contribution in [0.15, 0.2) is 30.3 Å². The van der Waals surface area contributed by atoms with Crippen LogP contribution in [0.3, 0.4) is 0 Å². The van der Waals surface area contributed by atoms with Gasteiger partial charge >= 0.3 is 0 Å². The van der Waals surface area contributed by atoms with Gasteiger partial charge in [0.05, 0.1) is 0 Å². The quantitative estimate of drug-likeness (QED) is 0.783. The smallest absolute Gasteiger partial charge is 0.134 e. The summed E-state index contributed by atoms with van der Waals surface area (Å²) in [5.74, 6) is 0.951. The van der Waals surface area contributed by atoms with Crippen LogP contribution in [0.4, 0.5) is 0 Å². The van der Waals surface area contributed by atoms with Gasteiger partial charge in [0.2, 0.25) is 0 Å². The standard InChI is InChI=1S/C15H23NO/c1-12(2)7-6-10-14(17)11-15(16)13-8-4-3-5-9-13/h3-5,8-9,12,15H,6-7,10-11,16H2,1-2H3.